The molecule has 0 radical (unpaired) electrons. The number of hydrogen-bond donors (Lipinski definition) is 3. The quantitative estimate of drug-likeness (QED) is 0.707. The van der Waals surface area contributed by atoms with Crippen LogP contribution in [0.3, 0.4) is 0 Å². The SMILES string of the molecule is O=C(N[C@H]1CCCNC1)c1sccc1S(=O)(=O)NCc1cccs1. The van der Waals surface area contributed by atoms with Crippen molar-refractivity contribution in [3.05, 3.63) is 38.7 Å². The molecule has 0 aliphatic carbocycles. The lowest BCUT2D eigenvalue weighted by Crippen LogP contribution is -2.45. The van der Waals surface area contributed by atoms with Gasteiger partial charge in [0.05, 0.1) is 0 Å². The lowest BCUT2D eigenvalue weighted by molar-refractivity contribution is 0.0932. The van der Waals surface area contributed by atoms with Crippen molar-refractivity contribution in [1.82, 2.24) is 15.4 Å². The minimum atomic E-state index is -3.72. The number of hydrogen-bond acceptors (Lipinski definition) is 6. The summed E-state index contributed by atoms with van der Waals surface area (Å²) < 4.78 is 27.6. The molecule has 3 rings (SSSR count). The van der Waals surface area contributed by atoms with E-state index in [0.29, 0.717) is 0 Å². The highest BCUT2D eigenvalue weighted by Gasteiger charge is 2.25. The van der Waals surface area contributed by atoms with Crippen LogP contribution >= 0.6 is 22.7 Å². The van der Waals surface area contributed by atoms with E-state index in [-0.39, 0.29) is 28.3 Å². The third-order valence-corrected chi connectivity index (χ3v) is 7.14. The molecule has 0 bridgehead atoms. The van der Waals surface area contributed by atoms with Crippen LogP contribution in [-0.4, -0.2) is 33.5 Å². The van der Waals surface area contributed by atoms with Gasteiger partial charge in [-0.15, -0.1) is 22.7 Å². The molecule has 130 valence electrons. The second-order valence-electron chi connectivity index (χ2n) is 5.53. The highest BCUT2D eigenvalue weighted by Crippen LogP contribution is 2.23. The first-order valence-corrected chi connectivity index (χ1v) is 10.9. The minimum Gasteiger partial charge on any atom is -0.347 e. The fraction of sp³-hybridized carbons (Fsp3) is 0.400. The Bertz CT molecular complexity index is 778. The highest BCUT2D eigenvalue weighted by atomic mass is 32.2. The number of nitrogens with one attached hydrogen (secondary N) is 3. The highest BCUT2D eigenvalue weighted by molar-refractivity contribution is 7.89. The lowest BCUT2D eigenvalue weighted by Gasteiger charge is -2.23. The third-order valence-electron chi connectivity index (χ3n) is 3.77. The van der Waals surface area contributed by atoms with Crippen molar-refractivity contribution in [3.63, 3.8) is 0 Å². The Morgan fingerprint density at radius 1 is 1.29 bits per heavy atom. The van der Waals surface area contributed by atoms with Crippen LogP contribution in [0, 0.1) is 0 Å². The Morgan fingerprint density at radius 2 is 2.17 bits per heavy atom. The van der Waals surface area contributed by atoms with E-state index in [4.69, 9.17) is 0 Å². The Labute approximate surface area is 149 Å². The average Bonchev–Trinajstić information content (AvgIpc) is 3.26. The van der Waals surface area contributed by atoms with Gasteiger partial charge in [0.25, 0.3) is 5.91 Å². The van der Waals surface area contributed by atoms with Gasteiger partial charge in [0.2, 0.25) is 10.0 Å². The zero-order valence-electron chi connectivity index (χ0n) is 12.9. The van der Waals surface area contributed by atoms with Gasteiger partial charge in [-0.2, -0.15) is 0 Å². The Morgan fingerprint density at radius 3 is 2.88 bits per heavy atom. The van der Waals surface area contributed by atoms with E-state index in [1.807, 2.05) is 17.5 Å². The fourth-order valence-corrected chi connectivity index (χ4v) is 5.63. The number of amides is 1. The van der Waals surface area contributed by atoms with Gasteiger partial charge in [0.1, 0.15) is 9.77 Å². The molecule has 3 N–H and O–H groups in total. The molecule has 0 aromatic carbocycles. The average molecular weight is 386 g/mol. The van der Waals surface area contributed by atoms with Crippen LogP contribution in [0.5, 0.6) is 0 Å². The van der Waals surface area contributed by atoms with Crippen LogP contribution in [0.4, 0.5) is 0 Å². The fourth-order valence-electron chi connectivity index (χ4n) is 2.56. The largest absolute Gasteiger partial charge is 0.347 e. The molecular weight excluding hydrogens is 366 g/mol. The van der Waals surface area contributed by atoms with E-state index >= 15 is 0 Å². The molecule has 2 aromatic heterocycles. The monoisotopic (exact) mass is 385 g/mol. The summed E-state index contributed by atoms with van der Waals surface area (Å²) in [6.07, 6.45) is 1.91. The topological polar surface area (TPSA) is 87.3 Å². The van der Waals surface area contributed by atoms with E-state index in [9.17, 15) is 13.2 Å². The van der Waals surface area contributed by atoms with Crippen molar-refractivity contribution >= 4 is 38.6 Å². The molecule has 1 aliphatic rings. The molecular formula is C15H19N3O3S3. The first-order chi connectivity index (χ1) is 11.6. The number of carbonyl (C=O) groups excluding carboxylic acids is 1. The predicted octanol–water partition coefficient (Wildman–Crippen LogP) is 1.77. The second-order valence-corrected chi connectivity index (χ2v) is 9.22. The van der Waals surface area contributed by atoms with Gasteiger partial charge in [0.15, 0.2) is 0 Å². The van der Waals surface area contributed by atoms with Gasteiger partial charge >= 0.3 is 0 Å². The summed E-state index contributed by atoms with van der Waals surface area (Å²) in [7, 11) is -3.72. The van der Waals surface area contributed by atoms with Crippen LogP contribution in [0.25, 0.3) is 0 Å². The van der Waals surface area contributed by atoms with Crippen LogP contribution in [0.2, 0.25) is 0 Å². The van der Waals surface area contributed by atoms with Crippen LogP contribution < -0.4 is 15.4 Å². The number of sulfonamides is 1. The summed E-state index contributed by atoms with van der Waals surface area (Å²) in [6, 6.07) is 5.26. The minimum absolute atomic E-state index is 0.0444. The Kier molecular flexibility index (Phi) is 5.67. The van der Waals surface area contributed by atoms with Crippen molar-refractivity contribution in [2.24, 2.45) is 0 Å². The summed E-state index contributed by atoms with van der Waals surface area (Å²) in [5.74, 6) is -0.324. The van der Waals surface area contributed by atoms with Crippen molar-refractivity contribution in [3.8, 4) is 0 Å². The van der Waals surface area contributed by atoms with E-state index in [2.05, 4.69) is 15.4 Å². The molecule has 9 heteroatoms. The molecule has 3 heterocycles. The molecule has 1 fully saturated rings. The number of rotatable bonds is 6. The molecule has 1 atom stereocenters. The zero-order valence-corrected chi connectivity index (χ0v) is 15.4. The van der Waals surface area contributed by atoms with E-state index in [1.165, 1.54) is 17.4 Å². The molecule has 1 saturated heterocycles. The van der Waals surface area contributed by atoms with Crippen molar-refractivity contribution in [2.45, 2.75) is 30.3 Å². The van der Waals surface area contributed by atoms with Crippen molar-refractivity contribution in [2.75, 3.05) is 13.1 Å². The van der Waals surface area contributed by atoms with E-state index < -0.39 is 10.0 Å². The van der Waals surface area contributed by atoms with Crippen LogP contribution in [-0.2, 0) is 16.6 Å². The van der Waals surface area contributed by atoms with Crippen LogP contribution in [0.15, 0.2) is 33.9 Å². The summed E-state index contributed by atoms with van der Waals surface area (Å²) >= 11 is 2.63. The van der Waals surface area contributed by atoms with Gasteiger partial charge in [-0.1, -0.05) is 6.07 Å². The summed E-state index contributed by atoms with van der Waals surface area (Å²) in [4.78, 5) is 13.7. The van der Waals surface area contributed by atoms with Crippen LogP contribution in [0.1, 0.15) is 27.4 Å². The number of thiophene rings is 2. The lowest BCUT2D eigenvalue weighted by atomic mass is 10.1. The Hall–Kier alpha value is -1.26. The summed E-state index contributed by atoms with van der Waals surface area (Å²) in [5.41, 5.74) is 0. The molecule has 1 amide bonds. The van der Waals surface area contributed by atoms with E-state index in [0.717, 1.165) is 42.1 Å². The normalized spacial score (nSPS) is 18.4. The second kappa shape index (κ2) is 7.75. The third kappa shape index (κ3) is 4.22. The van der Waals surface area contributed by atoms with Gasteiger partial charge in [-0.3, -0.25) is 4.79 Å². The predicted molar refractivity (Wildman–Crippen MR) is 96.0 cm³/mol. The molecule has 0 saturated carbocycles. The number of piperidine rings is 1. The summed E-state index contributed by atoms with van der Waals surface area (Å²) in [6.45, 7) is 1.90. The standard InChI is InChI=1S/C15H19N3O3S3/c19-15(18-11-3-1-6-16-9-11)14-13(5-8-23-14)24(20,21)17-10-12-4-2-7-22-12/h2,4-5,7-8,11,16-17H,1,3,6,9-10H2,(H,18,19)/t11-/m0/s1. The molecule has 0 spiro atoms. The maximum absolute atomic E-state index is 12.5. The van der Waals surface area contributed by atoms with Gasteiger partial charge in [-0.05, 0) is 42.3 Å². The van der Waals surface area contributed by atoms with Crippen molar-refractivity contribution in [1.29, 1.82) is 0 Å². The zero-order chi connectivity index (χ0) is 17.0. The maximum Gasteiger partial charge on any atom is 0.263 e. The first kappa shape index (κ1) is 17.6. The first-order valence-electron chi connectivity index (χ1n) is 7.67. The molecule has 0 unspecified atom stereocenters. The summed E-state index contributed by atoms with van der Waals surface area (Å²) in [5, 5.41) is 9.67. The molecule has 1 aliphatic heterocycles. The van der Waals surface area contributed by atoms with Gasteiger partial charge < -0.3 is 10.6 Å². The van der Waals surface area contributed by atoms with Crippen molar-refractivity contribution < 1.29 is 13.2 Å². The molecule has 2 aromatic rings. The number of carbonyl (C=O) groups is 1. The van der Waals surface area contributed by atoms with E-state index in [1.54, 1.807) is 5.38 Å². The smallest absolute Gasteiger partial charge is 0.263 e. The molecule has 6 nitrogen and oxygen atoms in total. The maximum atomic E-state index is 12.5. The molecule has 24 heavy (non-hydrogen) atoms. The Balaban J connectivity index is 1.70. The van der Waals surface area contributed by atoms with Gasteiger partial charge in [-0.25, -0.2) is 13.1 Å². The van der Waals surface area contributed by atoms with Gasteiger partial charge in [0, 0.05) is 24.0 Å².